The second-order valence-electron chi connectivity index (χ2n) is 7.22. The molecule has 2 amide bonds. The Balaban J connectivity index is 1.47. The van der Waals surface area contributed by atoms with E-state index in [9.17, 15) is 22.9 Å². The maximum Gasteiger partial charge on any atom is 0.414 e. The molecule has 3 aliphatic rings. The van der Waals surface area contributed by atoms with E-state index in [2.05, 4.69) is 5.32 Å². The second kappa shape index (κ2) is 6.94. The minimum absolute atomic E-state index is 0.0322. The number of rotatable bonds is 5. The van der Waals surface area contributed by atoms with Crippen LogP contribution in [-0.2, 0) is 20.7 Å². The summed E-state index contributed by atoms with van der Waals surface area (Å²) in [5, 5.41) is 2.63. The molecule has 2 heterocycles. The molecule has 2 saturated heterocycles. The van der Waals surface area contributed by atoms with E-state index in [0.29, 0.717) is 17.9 Å². The molecule has 1 aromatic rings. The Kier molecular flexibility index (Phi) is 4.75. The first-order valence-electron chi connectivity index (χ1n) is 8.97. The van der Waals surface area contributed by atoms with Gasteiger partial charge in [-0.2, -0.15) is 0 Å². The Morgan fingerprint density at radius 1 is 1.33 bits per heavy atom. The number of nitrogens with one attached hydrogen (secondary N) is 1. The highest BCUT2D eigenvalue weighted by molar-refractivity contribution is 7.91. The molecule has 4 rings (SSSR count). The summed E-state index contributed by atoms with van der Waals surface area (Å²) in [5.41, 5.74) is 0.127. The lowest BCUT2D eigenvalue weighted by Gasteiger charge is -2.16. The van der Waals surface area contributed by atoms with Crippen LogP contribution in [0, 0.1) is 23.5 Å². The highest BCUT2D eigenvalue weighted by atomic mass is 32.2. The zero-order valence-electron chi connectivity index (χ0n) is 14.7. The van der Waals surface area contributed by atoms with E-state index in [1.165, 1.54) is 4.90 Å². The molecule has 2 aliphatic heterocycles. The van der Waals surface area contributed by atoms with Crippen LogP contribution in [0.2, 0.25) is 0 Å². The van der Waals surface area contributed by atoms with Crippen LogP contribution in [0.1, 0.15) is 24.8 Å². The number of carbonyl (C=O) groups excluding carboxylic acids is 2. The number of carbonyl (C=O) groups is 2. The van der Waals surface area contributed by atoms with Gasteiger partial charge < -0.3 is 14.6 Å². The van der Waals surface area contributed by atoms with Crippen molar-refractivity contribution in [3.05, 3.63) is 29.3 Å². The van der Waals surface area contributed by atoms with Gasteiger partial charge in [0.1, 0.15) is 29.2 Å². The maximum absolute atomic E-state index is 14.6. The van der Waals surface area contributed by atoms with Crippen LogP contribution in [0.4, 0.5) is 19.3 Å². The molecular weight excluding hydrogens is 378 g/mol. The number of nitrogens with zero attached hydrogens (tertiary/aromatic N) is 1. The molecule has 1 aliphatic carbocycles. The van der Waals surface area contributed by atoms with Gasteiger partial charge in [-0.15, -0.1) is 0 Å². The van der Waals surface area contributed by atoms with Gasteiger partial charge in [0, 0.05) is 29.7 Å². The highest BCUT2D eigenvalue weighted by Gasteiger charge is 2.61. The number of hydrogen-bond acceptors (Lipinski definition) is 4. The lowest BCUT2D eigenvalue weighted by Crippen LogP contribution is -2.34. The first kappa shape index (κ1) is 18.5. The lowest BCUT2D eigenvalue weighted by atomic mass is 10.1. The average molecular weight is 398 g/mol. The fraction of sp³-hybridized carbons (Fsp3) is 0.556. The van der Waals surface area contributed by atoms with Crippen molar-refractivity contribution >= 4 is 28.9 Å². The number of ether oxygens (including phenoxy) is 1. The SMILES string of the molecule is CCC(=O)NC[C@H]1CN(c2cc(F)c(C3[C@H]4C[S+]([O-])C[C@@H]34)c(F)c2)C(=O)O1. The molecule has 9 heteroatoms. The Hall–Kier alpha value is -1.87. The zero-order valence-corrected chi connectivity index (χ0v) is 15.6. The van der Waals surface area contributed by atoms with Crippen LogP contribution >= 0.6 is 0 Å². The third-order valence-corrected chi connectivity index (χ3v) is 7.03. The van der Waals surface area contributed by atoms with Gasteiger partial charge in [-0.25, -0.2) is 13.6 Å². The van der Waals surface area contributed by atoms with Crippen molar-refractivity contribution < 1.29 is 27.7 Å². The summed E-state index contributed by atoms with van der Waals surface area (Å²) in [6.07, 6.45) is -0.952. The number of fused-ring (bicyclic) bond motifs is 1. The molecule has 1 aromatic carbocycles. The topological polar surface area (TPSA) is 81.7 Å². The number of anilines is 1. The Morgan fingerprint density at radius 2 is 1.96 bits per heavy atom. The van der Waals surface area contributed by atoms with E-state index < -0.39 is 35.0 Å². The molecule has 5 atom stereocenters. The molecule has 3 fully saturated rings. The van der Waals surface area contributed by atoms with E-state index in [1.54, 1.807) is 6.92 Å². The number of cyclic esters (lactones) is 1. The summed E-state index contributed by atoms with van der Waals surface area (Å²) in [7, 11) is 0. The van der Waals surface area contributed by atoms with Crippen molar-refractivity contribution in [3.8, 4) is 0 Å². The Labute approximate surface area is 158 Å². The zero-order chi connectivity index (χ0) is 19.3. The van der Waals surface area contributed by atoms with E-state index in [-0.39, 0.29) is 48.0 Å². The van der Waals surface area contributed by atoms with Crippen molar-refractivity contribution in [2.24, 2.45) is 11.8 Å². The van der Waals surface area contributed by atoms with E-state index in [4.69, 9.17) is 4.74 Å². The lowest BCUT2D eigenvalue weighted by molar-refractivity contribution is -0.121. The molecule has 6 nitrogen and oxygen atoms in total. The summed E-state index contributed by atoms with van der Waals surface area (Å²) >= 11 is -0.877. The molecule has 1 saturated carbocycles. The van der Waals surface area contributed by atoms with Gasteiger partial charge in [0.2, 0.25) is 5.91 Å². The fourth-order valence-corrected chi connectivity index (χ4v) is 5.97. The number of hydrogen-bond donors (Lipinski definition) is 1. The van der Waals surface area contributed by atoms with E-state index in [1.807, 2.05) is 0 Å². The first-order chi connectivity index (χ1) is 12.9. The van der Waals surface area contributed by atoms with Gasteiger partial charge in [0.25, 0.3) is 0 Å². The van der Waals surface area contributed by atoms with Crippen LogP contribution in [0.5, 0.6) is 0 Å². The van der Waals surface area contributed by atoms with Crippen LogP contribution in [0.15, 0.2) is 12.1 Å². The van der Waals surface area contributed by atoms with Crippen molar-refractivity contribution in [3.63, 3.8) is 0 Å². The second-order valence-corrected chi connectivity index (χ2v) is 8.77. The molecular formula is C18H20F2N2O4S. The summed E-state index contributed by atoms with van der Waals surface area (Å²) < 4.78 is 45.9. The van der Waals surface area contributed by atoms with E-state index in [0.717, 1.165) is 12.1 Å². The molecule has 0 radical (unpaired) electrons. The molecule has 0 bridgehead atoms. The minimum atomic E-state index is -0.877. The van der Waals surface area contributed by atoms with Gasteiger partial charge in [-0.1, -0.05) is 18.1 Å². The largest absolute Gasteiger partial charge is 0.616 e. The van der Waals surface area contributed by atoms with Gasteiger partial charge >= 0.3 is 6.09 Å². The average Bonchev–Trinajstić information content (AvgIpc) is 2.94. The monoisotopic (exact) mass is 398 g/mol. The fourth-order valence-electron chi connectivity index (χ4n) is 4.06. The number of amides is 2. The maximum atomic E-state index is 14.6. The third-order valence-electron chi connectivity index (χ3n) is 5.52. The van der Waals surface area contributed by atoms with Crippen LogP contribution in [0.25, 0.3) is 0 Å². The summed E-state index contributed by atoms with van der Waals surface area (Å²) in [6.45, 7) is 1.97. The smallest absolute Gasteiger partial charge is 0.414 e. The van der Waals surface area contributed by atoms with Crippen molar-refractivity contribution in [2.45, 2.75) is 25.4 Å². The van der Waals surface area contributed by atoms with Gasteiger partial charge in [0.15, 0.2) is 0 Å². The molecule has 146 valence electrons. The normalized spacial score (nSPS) is 31.6. The van der Waals surface area contributed by atoms with E-state index >= 15 is 0 Å². The van der Waals surface area contributed by atoms with Gasteiger partial charge in [0.05, 0.1) is 18.8 Å². The van der Waals surface area contributed by atoms with Crippen LogP contribution < -0.4 is 10.2 Å². The molecule has 2 unspecified atom stereocenters. The van der Waals surface area contributed by atoms with Gasteiger partial charge in [-0.3, -0.25) is 9.69 Å². The number of benzene rings is 1. The van der Waals surface area contributed by atoms with Crippen molar-refractivity contribution in [1.82, 2.24) is 5.32 Å². The minimum Gasteiger partial charge on any atom is -0.616 e. The van der Waals surface area contributed by atoms with Crippen LogP contribution in [-0.4, -0.2) is 47.3 Å². The number of halogens is 2. The predicted molar refractivity (Wildman–Crippen MR) is 94.9 cm³/mol. The highest BCUT2D eigenvalue weighted by Crippen LogP contribution is 2.60. The van der Waals surface area contributed by atoms with Gasteiger partial charge in [-0.05, 0) is 12.1 Å². The first-order valence-corrected chi connectivity index (χ1v) is 10.5. The summed E-state index contributed by atoms with van der Waals surface area (Å²) in [6, 6.07) is 2.30. The molecule has 0 spiro atoms. The Morgan fingerprint density at radius 3 is 2.56 bits per heavy atom. The summed E-state index contributed by atoms with van der Waals surface area (Å²) in [5.74, 6) is -0.593. The quantitative estimate of drug-likeness (QED) is 0.769. The standard InChI is InChI=1S/C18H20F2N2O4S/c1-2-15(23)21-5-10-6-22(18(24)26-10)9-3-13(19)17(14(20)4-9)16-11-7-27(25)8-12(11)16/h3-4,10-12,16H,2,5-8H2,1H3,(H,21,23)/t10-,11-,12+,16?,27?/m0/s1. The summed E-state index contributed by atoms with van der Waals surface area (Å²) in [4.78, 5) is 24.5. The Bertz CT molecular complexity index is 758. The molecule has 0 aromatic heterocycles. The molecule has 1 N–H and O–H groups in total. The van der Waals surface area contributed by atoms with Crippen LogP contribution in [0.3, 0.4) is 0 Å². The van der Waals surface area contributed by atoms with Crippen molar-refractivity contribution in [1.29, 1.82) is 0 Å². The third kappa shape index (κ3) is 3.38. The predicted octanol–water partition coefficient (Wildman–Crippen LogP) is 1.91. The molecule has 27 heavy (non-hydrogen) atoms. The van der Waals surface area contributed by atoms with Crippen molar-refractivity contribution in [2.75, 3.05) is 29.5 Å².